The van der Waals surface area contributed by atoms with Crippen LogP contribution < -0.4 is 5.73 Å². The van der Waals surface area contributed by atoms with E-state index < -0.39 is 0 Å². The van der Waals surface area contributed by atoms with Crippen LogP contribution in [0.5, 0.6) is 0 Å². The van der Waals surface area contributed by atoms with E-state index in [1.165, 1.54) is 15.3 Å². The molecule has 0 bridgehead atoms. The van der Waals surface area contributed by atoms with Crippen LogP contribution in [0.25, 0.3) is 10.4 Å². The zero-order valence-electron chi connectivity index (χ0n) is 7.00. The summed E-state index contributed by atoms with van der Waals surface area (Å²) in [5.74, 6) is 0. The molecule has 2 N–H and O–H groups in total. The first kappa shape index (κ1) is 9.06. The number of nitrogen functional groups attached to an aromatic ring is 1. The lowest BCUT2D eigenvalue weighted by molar-refractivity contribution is 1.63. The Morgan fingerprint density at radius 2 is 2.08 bits per heavy atom. The van der Waals surface area contributed by atoms with Crippen LogP contribution in [-0.4, -0.2) is 0 Å². The second-order valence-corrected chi connectivity index (χ2v) is 5.73. The fraction of sp³-hybridized carbons (Fsp3) is 0.111. The zero-order chi connectivity index (χ0) is 9.42. The molecule has 1 nitrogen and oxygen atoms in total. The van der Waals surface area contributed by atoms with Crippen molar-refractivity contribution in [1.29, 1.82) is 0 Å². The van der Waals surface area contributed by atoms with Gasteiger partial charge in [0.2, 0.25) is 0 Å². The molecule has 0 atom stereocenters. The van der Waals surface area contributed by atoms with Crippen LogP contribution in [-0.2, 0) is 0 Å². The summed E-state index contributed by atoms with van der Waals surface area (Å²) < 4.78 is 0.819. The predicted molar refractivity (Wildman–Crippen MR) is 61.8 cm³/mol. The summed E-state index contributed by atoms with van der Waals surface area (Å²) in [7, 11) is 0. The van der Waals surface area contributed by atoms with E-state index in [4.69, 9.17) is 17.3 Å². The van der Waals surface area contributed by atoms with Crippen LogP contribution in [0.4, 0.5) is 5.00 Å². The van der Waals surface area contributed by atoms with Crippen molar-refractivity contribution in [3.63, 3.8) is 0 Å². The molecule has 2 aromatic heterocycles. The molecule has 2 heterocycles. The molecular weight excluding hydrogens is 222 g/mol. The van der Waals surface area contributed by atoms with Gasteiger partial charge in [-0.3, -0.25) is 0 Å². The van der Waals surface area contributed by atoms with Crippen molar-refractivity contribution < 1.29 is 0 Å². The van der Waals surface area contributed by atoms with Gasteiger partial charge in [0.05, 0.1) is 9.34 Å². The highest BCUT2D eigenvalue weighted by Crippen LogP contribution is 2.37. The fourth-order valence-corrected chi connectivity index (χ4v) is 3.20. The highest BCUT2D eigenvalue weighted by molar-refractivity contribution is 7.20. The fourth-order valence-electron chi connectivity index (χ4n) is 1.21. The summed E-state index contributed by atoms with van der Waals surface area (Å²) in [6, 6.07) is 5.94. The van der Waals surface area contributed by atoms with E-state index in [2.05, 4.69) is 6.92 Å². The van der Waals surface area contributed by atoms with E-state index in [9.17, 15) is 0 Å². The number of aryl methyl sites for hydroxylation is 1. The van der Waals surface area contributed by atoms with Gasteiger partial charge in [-0.2, -0.15) is 0 Å². The van der Waals surface area contributed by atoms with Crippen molar-refractivity contribution in [1.82, 2.24) is 0 Å². The van der Waals surface area contributed by atoms with Gasteiger partial charge in [-0.05, 0) is 25.1 Å². The van der Waals surface area contributed by atoms with Crippen molar-refractivity contribution in [3.8, 4) is 10.4 Å². The van der Waals surface area contributed by atoms with Crippen molar-refractivity contribution in [2.45, 2.75) is 6.92 Å². The minimum Gasteiger partial charge on any atom is -0.391 e. The van der Waals surface area contributed by atoms with Crippen LogP contribution in [0.2, 0.25) is 4.34 Å². The molecule has 0 aliphatic rings. The lowest BCUT2D eigenvalue weighted by atomic mass is 10.2. The molecule has 0 aromatic carbocycles. The minimum atomic E-state index is 0.819. The first-order valence-corrected chi connectivity index (χ1v) is 5.79. The Balaban J connectivity index is 2.51. The highest BCUT2D eigenvalue weighted by atomic mass is 35.5. The second-order valence-electron chi connectivity index (χ2n) is 2.72. The topological polar surface area (TPSA) is 26.0 Å². The molecule has 13 heavy (non-hydrogen) atoms. The smallest absolute Gasteiger partial charge is 0.0934 e. The molecular formula is C9H8ClNS2. The van der Waals surface area contributed by atoms with Gasteiger partial charge in [-0.25, -0.2) is 0 Å². The molecule has 2 aromatic rings. The summed E-state index contributed by atoms with van der Waals surface area (Å²) >= 11 is 9.06. The third-order valence-corrected chi connectivity index (χ3v) is 3.92. The maximum atomic E-state index is 5.86. The van der Waals surface area contributed by atoms with E-state index in [1.807, 2.05) is 18.2 Å². The van der Waals surface area contributed by atoms with Gasteiger partial charge in [0.25, 0.3) is 0 Å². The van der Waals surface area contributed by atoms with Gasteiger partial charge in [-0.15, -0.1) is 22.7 Å². The standard InChI is InChI=1S/C9H8ClNS2/c1-5-6(4-9(11)12-5)7-2-3-8(10)13-7/h2-4H,11H2,1H3. The summed E-state index contributed by atoms with van der Waals surface area (Å²) in [5.41, 5.74) is 6.92. The molecule has 4 heteroatoms. The Bertz CT molecular complexity index is 431. The SMILES string of the molecule is Cc1sc(N)cc1-c1ccc(Cl)s1. The minimum absolute atomic E-state index is 0.819. The zero-order valence-corrected chi connectivity index (χ0v) is 9.39. The number of anilines is 1. The third-order valence-electron chi connectivity index (χ3n) is 1.78. The Hall–Kier alpha value is -0.510. The first-order chi connectivity index (χ1) is 6.16. The number of nitrogens with two attached hydrogens (primary N) is 1. The number of rotatable bonds is 1. The summed E-state index contributed by atoms with van der Waals surface area (Å²) in [5, 5.41) is 0.858. The average Bonchev–Trinajstić information content (AvgIpc) is 2.58. The van der Waals surface area contributed by atoms with Gasteiger partial charge in [0, 0.05) is 15.3 Å². The van der Waals surface area contributed by atoms with E-state index in [0.29, 0.717) is 0 Å². The van der Waals surface area contributed by atoms with Gasteiger partial charge in [-0.1, -0.05) is 11.6 Å². The Labute approximate surface area is 89.8 Å². The molecule has 0 aliphatic carbocycles. The van der Waals surface area contributed by atoms with Gasteiger partial charge < -0.3 is 5.73 Å². The average molecular weight is 230 g/mol. The molecule has 0 saturated carbocycles. The highest BCUT2D eigenvalue weighted by Gasteiger charge is 2.07. The molecule has 0 fully saturated rings. The molecule has 0 radical (unpaired) electrons. The lowest BCUT2D eigenvalue weighted by Gasteiger charge is -1.91. The summed E-state index contributed by atoms with van der Waals surface area (Å²) in [4.78, 5) is 2.44. The van der Waals surface area contributed by atoms with Crippen LogP contribution in [0.1, 0.15) is 4.88 Å². The third kappa shape index (κ3) is 1.73. The molecule has 0 spiro atoms. The Morgan fingerprint density at radius 1 is 1.31 bits per heavy atom. The number of hydrogen-bond acceptors (Lipinski definition) is 3. The van der Waals surface area contributed by atoms with Crippen molar-refractivity contribution in [2.75, 3.05) is 5.73 Å². The van der Waals surface area contributed by atoms with Gasteiger partial charge in [0.1, 0.15) is 0 Å². The van der Waals surface area contributed by atoms with Crippen LogP contribution in [0.15, 0.2) is 18.2 Å². The predicted octanol–water partition coefficient (Wildman–Crippen LogP) is 4.02. The molecule has 0 aliphatic heterocycles. The van der Waals surface area contributed by atoms with Crippen LogP contribution >= 0.6 is 34.3 Å². The summed E-state index contributed by atoms with van der Waals surface area (Å²) in [6.07, 6.45) is 0. The first-order valence-electron chi connectivity index (χ1n) is 3.78. The van der Waals surface area contributed by atoms with E-state index >= 15 is 0 Å². The van der Waals surface area contributed by atoms with Crippen LogP contribution in [0, 0.1) is 6.92 Å². The van der Waals surface area contributed by atoms with Crippen molar-refractivity contribution in [2.24, 2.45) is 0 Å². The maximum Gasteiger partial charge on any atom is 0.0934 e. The second kappa shape index (κ2) is 3.33. The Kier molecular flexibility index (Phi) is 2.32. The normalized spacial score (nSPS) is 10.6. The maximum absolute atomic E-state index is 5.86. The number of halogens is 1. The number of hydrogen-bond donors (Lipinski definition) is 1. The van der Waals surface area contributed by atoms with Gasteiger partial charge >= 0.3 is 0 Å². The lowest BCUT2D eigenvalue weighted by Crippen LogP contribution is -1.73. The largest absolute Gasteiger partial charge is 0.391 e. The monoisotopic (exact) mass is 229 g/mol. The van der Waals surface area contributed by atoms with Gasteiger partial charge in [0.15, 0.2) is 0 Å². The van der Waals surface area contributed by atoms with E-state index in [1.54, 1.807) is 22.7 Å². The molecule has 68 valence electrons. The van der Waals surface area contributed by atoms with E-state index in [-0.39, 0.29) is 0 Å². The Morgan fingerprint density at radius 3 is 2.54 bits per heavy atom. The number of thiophene rings is 2. The molecule has 0 unspecified atom stereocenters. The summed E-state index contributed by atoms with van der Waals surface area (Å²) in [6.45, 7) is 2.07. The van der Waals surface area contributed by atoms with Crippen molar-refractivity contribution >= 4 is 39.3 Å². The molecule has 0 amide bonds. The molecule has 2 rings (SSSR count). The van der Waals surface area contributed by atoms with Crippen LogP contribution in [0.3, 0.4) is 0 Å². The van der Waals surface area contributed by atoms with Crippen molar-refractivity contribution in [3.05, 3.63) is 27.4 Å². The molecule has 0 saturated heterocycles. The van der Waals surface area contributed by atoms with E-state index in [0.717, 1.165) is 9.34 Å². The quantitative estimate of drug-likeness (QED) is 0.786.